The van der Waals surface area contributed by atoms with Gasteiger partial charge in [0.1, 0.15) is 0 Å². The van der Waals surface area contributed by atoms with Crippen LogP contribution in [0.3, 0.4) is 0 Å². The van der Waals surface area contributed by atoms with Gasteiger partial charge in [0.15, 0.2) is 0 Å². The van der Waals surface area contributed by atoms with Crippen LogP contribution >= 0.6 is 0 Å². The van der Waals surface area contributed by atoms with Gasteiger partial charge in [0.25, 0.3) is 0 Å². The summed E-state index contributed by atoms with van der Waals surface area (Å²) < 4.78 is 6.07. The van der Waals surface area contributed by atoms with Crippen molar-refractivity contribution in [1.29, 1.82) is 0 Å². The summed E-state index contributed by atoms with van der Waals surface area (Å²) in [6.45, 7) is 7.91. The van der Waals surface area contributed by atoms with Crippen LogP contribution < -0.4 is 5.32 Å². The molecule has 0 amide bonds. The lowest BCUT2D eigenvalue weighted by Crippen LogP contribution is -2.51. The maximum absolute atomic E-state index is 6.07. The van der Waals surface area contributed by atoms with Crippen molar-refractivity contribution in [2.24, 2.45) is 5.92 Å². The van der Waals surface area contributed by atoms with Crippen molar-refractivity contribution in [2.45, 2.75) is 89.8 Å². The number of hydrogen-bond donors (Lipinski definition) is 1. The first kappa shape index (κ1) is 14.3. The molecule has 1 saturated carbocycles. The number of hydrogen-bond acceptors (Lipinski definition) is 2. The molecule has 1 aliphatic carbocycles. The van der Waals surface area contributed by atoms with Gasteiger partial charge < -0.3 is 10.1 Å². The van der Waals surface area contributed by atoms with Gasteiger partial charge in [0.2, 0.25) is 0 Å². The molecule has 0 aromatic carbocycles. The summed E-state index contributed by atoms with van der Waals surface area (Å²) in [6.07, 6.45) is 10.4. The Labute approximate surface area is 113 Å². The van der Waals surface area contributed by atoms with E-state index in [9.17, 15) is 0 Å². The van der Waals surface area contributed by atoms with E-state index < -0.39 is 0 Å². The van der Waals surface area contributed by atoms with Crippen LogP contribution in [0.1, 0.15) is 72.1 Å². The quantitative estimate of drug-likeness (QED) is 0.820. The molecule has 0 bridgehead atoms. The molecule has 0 spiro atoms. The Balaban J connectivity index is 1.88. The van der Waals surface area contributed by atoms with Gasteiger partial charge in [0.05, 0.1) is 5.60 Å². The molecule has 1 saturated heterocycles. The molecule has 18 heavy (non-hydrogen) atoms. The highest BCUT2D eigenvalue weighted by molar-refractivity contribution is 4.91. The summed E-state index contributed by atoms with van der Waals surface area (Å²) in [4.78, 5) is 0. The highest BCUT2D eigenvalue weighted by Crippen LogP contribution is 2.33. The first-order valence-corrected chi connectivity index (χ1v) is 8.09. The van der Waals surface area contributed by atoms with E-state index in [1.807, 2.05) is 0 Å². The van der Waals surface area contributed by atoms with E-state index in [0.29, 0.717) is 6.04 Å². The van der Waals surface area contributed by atoms with Gasteiger partial charge in [-0.05, 0) is 44.4 Å². The minimum absolute atomic E-state index is 0.161. The Hall–Kier alpha value is -0.0800. The van der Waals surface area contributed by atoms with E-state index in [1.165, 1.54) is 38.5 Å². The van der Waals surface area contributed by atoms with Gasteiger partial charge in [-0.15, -0.1) is 0 Å². The van der Waals surface area contributed by atoms with Crippen LogP contribution in [0, 0.1) is 5.92 Å². The Kier molecular flexibility index (Phi) is 5.08. The van der Waals surface area contributed by atoms with Crippen LogP contribution in [-0.2, 0) is 4.74 Å². The lowest BCUT2D eigenvalue weighted by molar-refractivity contribution is -0.0950. The van der Waals surface area contributed by atoms with Gasteiger partial charge in [0, 0.05) is 18.7 Å². The Bertz CT molecular complexity index is 249. The molecule has 2 heteroatoms. The molecule has 106 valence electrons. The zero-order valence-electron chi connectivity index (χ0n) is 12.5. The largest absolute Gasteiger partial charge is 0.375 e. The second-order valence-corrected chi connectivity index (χ2v) is 6.46. The third kappa shape index (κ3) is 3.27. The maximum atomic E-state index is 6.07. The maximum Gasteiger partial charge on any atom is 0.0692 e. The summed E-state index contributed by atoms with van der Waals surface area (Å²) in [5.74, 6) is 0.860. The van der Waals surface area contributed by atoms with Crippen LogP contribution in [-0.4, -0.2) is 24.3 Å². The molecule has 0 radical (unpaired) electrons. The molecule has 0 aromatic heterocycles. The van der Waals surface area contributed by atoms with Crippen molar-refractivity contribution >= 4 is 0 Å². The Morgan fingerprint density at radius 2 is 1.83 bits per heavy atom. The third-order valence-corrected chi connectivity index (χ3v) is 5.34. The third-order valence-electron chi connectivity index (χ3n) is 5.34. The minimum Gasteiger partial charge on any atom is -0.375 e. The molecule has 3 unspecified atom stereocenters. The van der Waals surface area contributed by atoms with Gasteiger partial charge >= 0.3 is 0 Å². The predicted octanol–water partition coefficient (Wildman–Crippen LogP) is 3.89. The second kappa shape index (κ2) is 6.38. The Morgan fingerprint density at radius 1 is 1.11 bits per heavy atom. The topological polar surface area (TPSA) is 21.3 Å². The lowest BCUT2D eigenvalue weighted by Gasteiger charge is -2.43. The van der Waals surface area contributed by atoms with Crippen molar-refractivity contribution in [1.82, 2.24) is 5.32 Å². The fourth-order valence-corrected chi connectivity index (χ4v) is 3.78. The fraction of sp³-hybridized carbons (Fsp3) is 1.00. The molecule has 2 rings (SSSR count). The lowest BCUT2D eigenvalue weighted by atomic mass is 9.82. The van der Waals surface area contributed by atoms with Gasteiger partial charge in [-0.3, -0.25) is 0 Å². The van der Waals surface area contributed by atoms with Crippen molar-refractivity contribution < 1.29 is 4.74 Å². The van der Waals surface area contributed by atoms with Gasteiger partial charge in [-0.1, -0.05) is 33.6 Å². The highest BCUT2D eigenvalue weighted by Gasteiger charge is 2.35. The zero-order valence-corrected chi connectivity index (χ0v) is 12.5. The molecule has 3 atom stereocenters. The zero-order chi connectivity index (χ0) is 13.0. The molecule has 2 fully saturated rings. The molecule has 2 nitrogen and oxygen atoms in total. The Morgan fingerprint density at radius 3 is 2.50 bits per heavy atom. The van der Waals surface area contributed by atoms with Crippen molar-refractivity contribution in [3.63, 3.8) is 0 Å². The fourth-order valence-electron chi connectivity index (χ4n) is 3.78. The standard InChI is InChI=1S/C16H31NO/c1-4-16(5-2)12-14(10-11-18-16)17-15-9-7-6-8-13(15)3/h13-15,17H,4-12H2,1-3H3. The molecular weight excluding hydrogens is 222 g/mol. The highest BCUT2D eigenvalue weighted by atomic mass is 16.5. The summed E-state index contributed by atoms with van der Waals surface area (Å²) in [5.41, 5.74) is 0.161. The van der Waals surface area contributed by atoms with Gasteiger partial charge in [-0.2, -0.15) is 0 Å². The molecule has 2 aliphatic rings. The normalized spacial score (nSPS) is 36.5. The summed E-state index contributed by atoms with van der Waals surface area (Å²) in [6, 6.07) is 1.44. The monoisotopic (exact) mass is 253 g/mol. The van der Waals surface area contributed by atoms with Gasteiger partial charge in [-0.25, -0.2) is 0 Å². The van der Waals surface area contributed by atoms with Crippen LogP contribution in [0.25, 0.3) is 0 Å². The number of nitrogens with one attached hydrogen (secondary N) is 1. The van der Waals surface area contributed by atoms with E-state index in [1.54, 1.807) is 0 Å². The van der Waals surface area contributed by atoms with E-state index in [-0.39, 0.29) is 5.60 Å². The van der Waals surface area contributed by atoms with Crippen LogP contribution in [0.5, 0.6) is 0 Å². The second-order valence-electron chi connectivity index (χ2n) is 6.46. The predicted molar refractivity (Wildman–Crippen MR) is 76.8 cm³/mol. The molecule has 1 aliphatic heterocycles. The summed E-state index contributed by atoms with van der Waals surface area (Å²) >= 11 is 0. The van der Waals surface area contributed by atoms with Crippen molar-refractivity contribution in [3.05, 3.63) is 0 Å². The van der Waals surface area contributed by atoms with Crippen LogP contribution in [0.15, 0.2) is 0 Å². The summed E-state index contributed by atoms with van der Waals surface area (Å²) in [7, 11) is 0. The molecular formula is C16H31NO. The molecule has 1 heterocycles. The van der Waals surface area contributed by atoms with E-state index in [4.69, 9.17) is 4.74 Å². The van der Waals surface area contributed by atoms with E-state index in [2.05, 4.69) is 26.1 Å². The van der Waals surface area contributed by atoms with Crippen LogP contribution in [0.4, 0.5) is 0 Å². The smallest absolute Gasteiger partial charge is 0.0692 e. The minimum atomic E-state index is 0.161. The summed E-state index contributed by atoms with van der Waals surface area (Å²) in [5, 5.41) is 3.95. The molecule has 0 aromatic rings. The molecule has 1 N–H and O–H groups in total. The SMILES string of the molecule is CCC1(CC)CC(NC2CCCCC2C)CCO1. The van der Waals surface area contributed by atoms with Crippen molar-refractivity contribution in [3.8, 4) is 0 Å². The van der Waals surface area contributed by atoms with E-state index in [0.717, 1.165) is 31.4 Å². The van der Waals surface area contributed by atoms with Crippen molar-refractivity contribution in [2.75, 3.05) is 6.61 Å². The first-order valence-electron chi connectivity index (χ1n) is 8.09. The van der Waals surface area contributed by atoms with E-state index >= 15 is 0 Å². The number of rotatable bonds is 4. The average Bonchev–Trinajstić information content (AvgIpc) is 2.41. The van der Waals surface area contributed by atoms with Crippen LogP contribution in [0.2, 0.25) is 0 Å². The average molecular weight is 253 g/mol. The first-order chi connectivity index (χ1) is 8.69. The number of ether oxygens (including phenoxy) is 1.